The normalized spacial score (nSPS) is 20.5. The fraction of sp³-hybridized carbons (Fsp3) is 0.692. The summed E-state index contributed by atoms with van der Waals surface area (Å²) in [6, 6.07) is 1.87. The van der Waals surface area contributed by atoms with E-state index in [1.54, 1.807) is 4.68 Å². The molecule has 0 aliphatic carbocycles. The Morgan fingerprint density at radius 3 is 3.05 bits per heavy atom. The highest BCUT2D eigenvalue weighted by Crippen LogP contribution is 2.10. The number of nitrogens with zero attached hydrogens (tertiary/aromatic N) is 3. The second-order valence-corrected chi connectivity index (χ2v) is 4.98. The van der Waals surface area contributed by atoms with Crippen molar-refractivity contribution >= 4 is 11.7 Å². The largest absolute Gasteiger partial charge is 0.376 e. The van der Waals surface area contributed by atoms with Crippen LogP contribution in [0, 0.1) is 6.92 Å². The number of anilines is 1. The number of ether oxygens (including phenoxy) is 1. The number of rotatable bonds is 4. The van der Waals surface area contributed by atoms with Gasteiger partial charge in [-0.2, -0.15) is 5.10 Å². The zero-order valence-corrected chi connectivity index (χ0v) is 11.8. The average molecular weight is 266 g/mol. The number of carbonyl (C=O) groups is 1. The molecule has 2 rings (SSSR count). The summed E-state index contributed by atoms with van der Waals surface area (Å²) in [6.07, 6.45) is 1.24. The second kappa shape index (κ2) is 6.16. The molecule has 1 N–H and O–H groups in total. The number of morpholine rings is 1. The molecule has 1 aliphatic rings. The van der Waals surface area contributed by atoms with E-state index in [9.17, 15) is 4.79 Å². The van der Waals surface area contributed by atoms with Crippen LogP contribution in [0.15, 0.2) is 6.07 Å². The summed E-state index contributed by atoms with van der Waals surface area (Å²) in [6.45, 7) is 6.76. The van der Waals surface area contributed by atoms with Crippen molar-refractivity contribution in [3.63, 3.8) is 0 Å². The maximum absolute atomic E-state index is 12.0. The molecular weight excluding hydrogens is 244 g/mol. The van der Waals surface area contributed by atoms with Gasteiger partial charge in [-0.25, -0.2) is 0 Å². The molecule has 0 bridgehead atoms. The molecule has 1 amide bonds. The molecule has 1 atom stereocenters. The van der Waals surface area contributed by atoms with E-state index in [0.717, 1.165) is 31.0 Å². The maximum Gasteiger partial charge on any atom is 0.239 e. The van der Waals surface area contributed by atoms with Crippen molar-refractivity contribution in [1.29, 1.82) is 0 Å². The van der Waals surface area contributed by atoms with Crippen LogP contribution in [-0.2, 0) is 16.6 Å². The molecule has 6 nitrogen and oxygen atoms in total. The lowest BCUT2D eigenvalue weighted by Crippen LogP contribution is -2.45. The molecule has 2 heterocycles. The summed E-state index contributed by atoms with van der Waals surface area (Å²) >= 11 is 0. The Bertz CT molecular complexity index is 444. The van der Waals surface area contributed by atoms with Gasteiger partial charge in [-0.05, 0) is 13.3 Å². The number of aromatic nitrogens is 2. The van der Waals surface area contributed by atoms with Gasteiger partial charge in [0.2, 0.25) is 5.91 Å². The van der Waals surface area contributed by atoms with Crippen LogP contribution >= 0.6 is 0 Å². The Labute approximate surface area is 113 Å². The van der Waals surface area contributed by atoms with E-state index < -0.39 is 0 Å². The number of nitrogens with one attached hydrogen (secondary N) is 1. The first-order valence-corrected chi connectivity index (χ1v) is 6.73. The van der Waals surface area contributed by atoms with Crippen LogP contribution in [0.1, 0.15) is 19.0 Å². The number of carbonyl (C=O) groups excluding carboxylic acids is 1. The second-order valence-electron chi connectivity index (χ2n) is 4.98. The molecule has 0 unspecified atom stereocenters. The zero-order valence-electron chi connectivity index (χ0n) is 11.8. The fourth-order valence-corrected chi connectivity index (χ4v) is 2.28. The Kier molecular flexibility index (Phi) is 4.55. The Morgan fingerprint density at radius 1 is 1.63 bits per heavy atom. The fourth-order valence-electron chi connectivity index (χ4n) is 2.28. The number of aryl methyl sites for hydroxylation is 2. The van der Waals surface area contributed by atoms with Crippen molar-refractivity contribution in [3.8, 4) is 0 Å². The molecule has 1 fully saturated rings. The molecule has 0 saturated carbocycles. The van der Waals surface area contributed by atoms with Crippen LogP contribution in [0.25, 0.3) is 0 Å². The summed E-state index contributed by atoms with van der Waals surface area (Å²) in [5, 5.41) is 7.09. The molecule has 0 radical (unpaired) electrons. The minimum absolute atomic E-state index is 0.000229. The lowest BCUT2D eigenvalue weighted by Gasteiger charge is -2.31. The highest BCUT2D eigenvalue weighted by molar-refractivity contribution is 5.91. The number of amides is 1. The van der Waals surface area contributed by atoms with Gasteiger partial charge in [0.15, 0.2) is 0 Å². The SMILES string of the molecule is CC[C@@H]1CN(CC(=O)Nc2cc(C)nn2C)CCO1. The Hall–Kier alpha value is -1.40. The van der Waals surface area contributed by atoms with Gasteiger partial charge in [0.25, 0.3) is 0 Å². The van der Waals surface area contributed by atoms with Gasteiger partial charge in [-0.1, -0.05) is 6.92 Å². The summed E-state index contributed by atoms with van der Waals surface area (Å²) < 4.78 is 7.27. The molecule has 1 aromatic heterocycles. The van der Waals surface area contributed by atoms with Crippen LogP contribution < -0.4 is 5.32 Å². The quantitative estimate of drug-likeness (QED) is 0.875. The highest BCUT2D eigenvalue weighted by Gasteiger charge is 2.21. The first kappa shape index (κ1) is 14.0. The van der Waals surface area contributed by atoms with E-state index in [2.05, 4.69) is 22.2 Å². The van der Waals surface area contributed by atoms with Gasteiger partial charge >= 0.3 is 0 Å². The van der Waals surface area contributed by atoms with E-state index in [4.69, 9.17) is 4.74 Å². The number of hydrogen-bond donors (Lipinski definition) is 1. The molecule has 1 aliphatic heterocycles. The van der Waals surface area contributed by atoms with Gasteiger partial charge in [-0.3, -0.25) is 14.4 Å². The van der Waals surface area contributed by atoms with Gasteiger partial charge < -0.3 is 10.1 Å². The predicted molar refractivity (Wildman–Crippen MR) is 73.0 cm³/mol. The predicted octanol–water partition coefficient (Wildman–Crippen LogP) is 0.778. The lowest BCUT2D eigenvalue weighted by molar-refractivity contribution is -0.119. The summed E-state index contributed by atoms with van der Waals surface area (Å²) in [7, 11) is 1.82. The maximum atomic E-state index is 12.0. The Morgan fingerprint density at radius 2 is 2.42 bits per heavy atom. The monoisotopic (exact) mass is 266 g/mol. The molecule has 0 spiro atoms. The zero-order chi connectivity index (χ0) is 13.8. The van der Waals surface area contributed by atoms with Crippen LogP contribution in [0.4, 0.5) is 5.82 Å². The van der Waals surface area contributed by atoms with Gasteiger partial charge in [0.05, 0.1) is 24.9 Å². The van der Waals surface area contributed by atoms with E-state index in [0.29, 0.717) is 13.2 Å². The van der Waals surface area contributed by atoms with Crippen molar-refractivity contribution in [2.24, 2.45) is 7.05 Å². The third-order valence-corrected chi connectivity index (χ3v) is 3.31. The van der Waals surface area contributed by atoms with Crippen molar-refractivity contribution in [2.75, 3.05) is 31.6 Å². The van der Waals surface area contributed by atoms with Crippen LogP contribution in [0.5, 0.6) is 0 Å². The van der Waals surface area contributed by atoms with Crippen LogP contribution in [-0.4, -0.2) is 52.9 Å². The van der Waals surface area contributed by atoms with Crippen molar-refractivity contribution in [1.82, 2.24) is 14.7 Å². The Balaban J connectivity index is 1.85. The lowest BCUT2D eigenvalue weighted by atomic mass is 10.2. The topological polar surface area (TPSA) is 59.4 Å². The molecule has 0 aromatic carbocycles. The van der Waals surface area contributed by atoms with Gasteiger partial charge in [0.1, 0.15) is 5.82 Å². The molecule has 6 heteroatoms. The third kappa shape index (κ3) is 3.78. The van der Waals surface area contributed by atoms with Crippen LogP contribution in [0.3, 0.4) is 0 Å². The summed E-state index contributed by atoms with van der Waals surface area (Å²) in [4.78, 5) is 14.1. The minimum Gasteiger partial charge on any atom is -0.376 e. The van der Waals surface area contributed by atoms with Gasteiger partial charge in [0, 0.05) is 26.2 Å². The number of hydrogen-bond acceptors (Lipinski definition) is 4. The molecule has 1 saturated heterocycles. The van der Waals surface area contributed by atoms with Crippen LogP contribution in [0.2, 0.25) is 0 Å². The smallest absolute Gasteiger partial charge is 0.239 e. The van der Waals surface area contributed by atoms with Crippen molar-refractivity contribution in [2.45, 2.75) is 26.4 Å². The molecular formula is C13H22N4O2. The summed E-state index contributed by atoms with van der Waals surface area (Å²) in [5.74, 6) is 0.738. The van der Waals surface area contributed by atoms with Crippen molar-refractivity contribution in [3.05, 3.63) is 11.8 Å². The molecule has 1 aromatic rings. The van der Waals surface area contributed by atoms with E-state index in [1.165, 1.54) is 0 Å². The molecule has 106 valence electrons. The highest BCUT2D eigenvalue weighted by atomic mass is 16.5. The summed E-state index contributed by atoms with van der Waals surface area (Å²) in [5.41, 5.74) is 0.898. The van der Waals surface area contributed by atoms with Gasteiger partial charge in [-0.15, -0.1) is 0 Å². The standard InChI is InChI=1S/C13H22N4O2/c1-4-11-8-17(5-6-19-11)9-13(18)14-12-7-10(2)15-16(12)3/h7,11H,4-6,8-9H2,1-3H3,(H,14,18)/t11-/m1/s1. The molecule has 19 heavy (non-hydrogen) atoms. The van der Waals surface area contributed by atoms with E-state index in [1.807, 2.05) is 20.0 Å². The third-order valence-electron chi connectivity index (χ3n) is 3.31. The minimum atomic E-state index is -0.000229. The average Bonchev–Trinajstić information content (AvgIpc) is 2.68. The first-order chi connectivity index (χ1) is 9.08. The van der Waals surface area contributed by atoms with E-state index in [-0.39, 0.29) is 12.0 Å². The van der Waals surface area contributed by atoms with Crippen molar-refractivity contribution < 1.29 is 9.53 Å². The first-order valence-electron chi connectivity index (χ1n) is 6.73. The van der Waals surface area contributed by atoms with E-state index >= 15 is 0 Å².